The summed E-state index contributed by atoms with van der Waals surface area (Å²) in [5.74, 6) is 1.16. The number of benzene rings is 1. The normalized spacial score (nSPS) is 22.6. The first-order valence-electron chi connectivity index (χ1n) is 6.56. The van der Waals surface area contributed by atoms with Crippen molar-refractivity contribution in [2.45, 2.75) is 57.5 Å². The first-order valence-corrected chi connectivity index (χ1v) is 6.56. The molecular formula is C15H20O. The van der Waals surface area contributed by atoms with Gasteiger partial charge < -0.3 is 4.74 Å². The summed E-state index contributed by atoms with van der Waals surface area (Å²) < 4.78 is 6.34. The minimum atomic E-state index is 0.193. The summed E-state index contributed by atoms with van der Waals surface area (Å²) in [4.78, 5) is 0. The molecule has 1 aliphatic heterocycles. The predicted molar refractivity (Wildman–Crippen MR) is 65.9 cm³/mol. The Morgan fingerprint density at radius 1 is 1.06 bits per heavy atom. The maximum atomic E-state index is 6.34. The second-order valence-corrected chi connectivity index (χ2v) is 5.46. The average Bonchev–Trinajstić information content (AvgIpc) is 2.29. The van der Waals surface area contributed by atoms with Gasteiger partial charge in [0.2, 0.25) is 0 Å². The molecule has 0 unspecified atom stereocenters. The van der Waals surface area contributed by atoms with Gasteiger partial charge in [0.05, 0.1) is 0 Å². The molecule has 0 aromatic heterocycles. The van der Waals surface area contributed by atoms with E-state index in [0.717, 1.165) is 5.75 Å². The molecule has 1 aromatic rings. The monoisotopic (exact) mass is 216 g/mol. The van der Waals surface area contributed by atoms with E-state index in [4.69, 9.17) is 4.74 Å². The molecular weight excluding hydrogens is 196 g/mol. The largest absolute Gasteiger partial charge is 0.487 e. The van der Waals surface area contributed by atoms with Crippen LogP contribution >= 0.6 is 0 Å². The number of aryl methyl sites for hydroxylation is 2. The van der Waals surface area contributed by atoms with Crippen LogP contribution in [-0.2, 0) is 6.42 Å². The third-order valence-electron chi connectivity index (χ3n) is 4.16. The zero-order valence-electron chi connectivity index (χ0n) is 10.1. The standard InChI is InChI=1S/C15H20O/c1-12-5-6-13-7-10-15(16-14(13)11-12)8-3-2-4-9-15/h5-6,11H,2-4,7-10H2,1H3. The van der Waals surface area contributed by atoms with Gasteiger partial charge in [-0.3, -0.25) is 0 Å². The summed E-state index contributed by atoms with van der Waals surface area (Å²) in [6.45, 7) is 2.14. The predicted octanol–water partition coefficient (Wildman–Crippen LogP) is 4.02. The second-order valence-electron chi connectivity index (χ2n) is 5.46. The summed E-state index contributed by atoms with van der Waals surface area (Å²) >= 11 is 0. The van der Waals surface area contributed by atoms with Crippen molar-refractivity contribution >= 4 is 0 Å². The van der Waals surface area contributed by atoms with E-state index >= 15 is 0 Å². The fraction of sp³-hybridized carbons (Fsp3) is 0.600. The summed E-state index contributed by atoms with van der Waals surface area (Å²) in [5.41, 5.74) is 2.91. The molecule has 1 heteroatoms. The van der Waals surface area contributed by atoms with Crippen LogP contribution in [0.15, 0.2) is 18.2 Å². The number of ether oxygens (including phenoxy) is 1. The first-order chi connectivity index (χ1) is 7.77. The molecule has 16 heavy (non-hydrogen) atoms. The van der Waals surface area contributed by atoms with Crippen molar-refractivity contribution in [1.82, 2.24) is 0 Å². The van der Waals surface area contributed by atoms with Crippen molar-refractivity contribution in [1.29, 1.82) is 0 Å². The van der Waals surface area contributed by atoms with Gasteiger partial charge in [-0.15, -0.1) is 0 Å². The maximum absolute atomic E-state index is 6.34. The van der Waals surface area contributed by atoms with E-state index in [9.17, 15) is 0 Å². The van der Waals surface area contributed by atoms with E-state index in [2.05, 4.69) is 25.1 Å². The van der Waals surface area contributed by atoms with Crippen LogP contribution in [-0.4, -0.2) is 5.60 Å². The van der Waals surface area contributed by atoms with Crippen LogP contribution in [0.25, 0.3) is 0 Å². The number of rotatable bonds is 0. The lowest BCUT2D eigenvalue weighted by Crippen LogP contribution is -2.41. The van der Waals surface area contributed by atoms with Gasteiger partial charge in [-0.05, 0) is 62.6 Å². The van der Waals surface area contributed by atoms with Gasteiger partial charge in [0.15, 0.2) is 0 Å². The van der Waals surface area contributed by atoms with E-state index in [0.29, 0.717) is 0 Å². The molecule has 0 bridgehead atoms. The van der Waals surface area contributed by atoms with Gasteiger partial charge in [0.1, 0.15) is 11.4 Å². The zero-order valence-corrected chi connectivity index (χ0v) is 10.1. The van der Waals surface area contributed by atoms with Crippen LogP contribution in [0.5, 0.6) is 5.75 Å². The molecule has 1 spiro atoms. The minimum absolute atomic E-state index is 0.193. The van der Waals surface area contributed by atoms with E-state index in [-0.39, 0.29) is 5.60 Å². The Morgan fingerprint density at radius 3 is 2.69 bits per heavy atom. The Labute approximate surface area is 97.8 Å². The van der Waals surface area contributed by atoms with Crippen molar-refractivity contribution in [3.8, 4) is 5.75 Å². The van der Waals surface area contributed by atoms with Crippen LogP contribution in [0, 0.1) is 6.92 Å². The lowest BCUT2D eigenvalue weighted by atomic mass is 9.79. The smallest absolute Gasteiger partial charge is 0.123 e. The third-order valence-corrected chi connectivity index (χ3v) is 4.16. The van der Waals surface area contributed by atoms with Crippen LogP contribution < -0.4 is 4.74 Å². The molecule has 1 aromatic carbocycles. The van der Waals surface area contributed by atoms with Crippen molar-refractivity contribution in [3.63, 3.8) is 0 Å². The van der Waals surface area contributed by atoms with E-state index < -0.39 is 0 Å². The van der Waals surface area contributed by atoms with Crippen LogP contribution in [0.1, 0.15) is 49.7 Å². The van der Waals surface area contributed by atoms with E-state index in [1.807, 2.05) is 0 Å². The molecule has 1 heterocycles. The summed E-state index contributed by atoms with van der Waals surface area (Å²) in [5, 5.41) is 0. The van der Waals surface area contributed by atoms with E-state index in [1.54, 1.807) is 0 Å². The highest BCUT2D eigenvalue weighted by Gasteiger charge is 2.37. The molecule has 0 radical (unpaired) electrons. The summed E-state index contributed by atoms with van der Waals surface area (Å²) in [6.07, 6.45) is 9.05. The van der Waals surface area contributed by atoms with Gasteiger partial charge in [-0.1, -0.05) is 18.6 Å². The van der Waals surface area contributed by atoms with Crippen LogP contribution in [0.3, 0.4) is 0 Å². The molecule has 0 saturated heterocycles. The molecule has 1 saturated carbocycles. The quantitative estimate of drug-likeness (QED) is 0.636. The number of hydrogen-bond donors (Lipinski definition) is 0. The molecule has 1 nitrogen and oxygen atoms in total. The Morgan fingerprint density at radius 2 is 1.88 bits per heavy atom. The Balaban J connectivity index is 1.89. The molecule has 86 valence electrons. The first kappa shape index (κ1) is 10.2. The van der Waals surface area contributed by atoms with Gasteiger partial charge >= 0.3 is 0 Å². The maximum Gasteiger partial charge on any atom is 0.123 e. The molecule has 0 atom stereocenters. The van der Waals surface area contributed by atoms with Crippen LogP contribution in [0.4, 0.5) is 0 Å². The topological polar surface area (TPSA) is 9.23 Å². The highest BCUT2D eigenvalue weighted by molar-refractivity contribution is 5.39. The van der Waals surface area contributed by atoms with Crippen molar-refractivity contribution < 1.29 is 4.74 Å². The van der Waals surface area contributed by atoms with Crippen molar-refractivity contribution in [2.75, 3.05) is 0 Å². The Hall–Kier alpha value is -0.980. The Bertz CT molecular complexity index is 388. The van der Waals surface area contributed by atoms with Crippen molar-refractivity contribution in [3.05, 3.63) is 29.3 Å². The molecule has 1 fully saturated rings. The zero-order chi connectivity index (χ0) is 11.0. The Kier molecular flexibility index (Phi) is 2.42. The van der Waals surface area contributed by atoms with E-state index in [1.165, 1.54) is 56.1 Å². The highest BCUT2D eigenvalue weighted by atomic mass is 16.5. The fourth-order valence-electron chi connectivity index (χ4n) is 3.16. The average molecular weight is 216 g/mol. The molecule has 0 N–H and O–H groups in total. The molecule has 0 amide bonds. The fourth-order valence-corrected chi connectivity index (χ4v) is 3.16. The molecule has 1 aliphatic carbocycles. The summed E-state index contributed by atoms with van der Waals surface area (Å²) in [7, 11) is 0. The lowest BCUT2D eigenvalue weighted by Gasteiger charge is -2.41. The van der Waals surface area contributed by atoms with Gasteiger partial charge in [0.25, 0.3) is 0 Å². The number of hydrogen-bond acceptors (Lipinski definition) is 1. The molecule has 3 rings (SSSR count). The lowest BCUT2D eigenvalue weighted by molar-refractivity contribution is 0.0107. The number of fused-ring (bicyclic) bond motifs is 1. The molecule has 2 aliphatic rings. The third kappa shape index (κ3) is 1.73. The van der Waals surface area contributed by atoms with Gasteiger partial charge in [-0.25, -0.2) is 0 Å². The second kappa shape index (κ2) is 3.80. The van der Waals surface area contributed by atoms with Gasteiger partial charge in [0, 0.05) is 0 Å². The summed E-state index contributed by atoms with van der Waals surface area (Å²) in [6, 6.07) is 6.65. The SMILES string of the molecule is Cc1ccc2c(c1)OC1(CCCCC1)CC2. The van der Waals surface area contributed by atoms with Crippen LogP contribution in [0.2, 0.25) is 0 Å². The highest BCUT2D eigenvalue weighted by Crippen LogP contribution is 2.41. The minimum Gasteiger partial charge on any atom is -0.487 e. The van der Waals surface area contributed by atoms with Gasteiger partial charge in [-0.2, -0.15) is 0 Å². The van der Waals surface area contributed by atoms with Crippen molar-refractivity contribution in [2.24, 2.45) is 0 Å².